The Kier molecular flexibility index (Phi) is 3.33. The van der Waals surface area contributed by atoms with Crippen molar-refractivity contribution in [2.45, 2.75) is 19.8 Å². The molecule has 0 amide bonds. The Hall–Kier alpha value is -1.55. The van der Waals surface area contributed by atoms with Crippen LogP contribution < -0.4 is 11.5 Å². The molecule has 2 aromatic rings. The van der Waals surface area contributed by atoms with Gasteiger partial charge in [-0.2, -0.15) is 0 Å². The molecule has 1 atom stereocenters. The Morgan fingerprint density at radius 1 is 1.47 bits per heavy atom. The zero-order chi connectivity index (χ0) is 12.4. The first-order valence-electron chi connectivity index (χ1n) is 5.90. The van der Waals surface area contributed by atoms with E-state index in [9.17, 15) is 4.79 Å². The van der Waals surface area contributed by atoms with Crippen molar-refractivity contribution < 1.29 is 4.42 Å². The average molecular weight is 234 g/mol. The lowest BCUT2D eigenvalue weighted by Crippen LogP contribution is -2.09. The third-order valence-corrected chi connectivity index (χ3v) is 3.10. The van der Waals surface area contributed by atoms with Gasteiger partial charge < -0.3 is 10.2 Å². The molecule has 2 N–H and O–H groups in total. The van der Waals surface area contributed by atoms with Gasteiger partial charge in [0.05, 0.1) is 5.52 Å². The second-order valence-electron chi connectivity index (χ2n) is 4.62. The van der Waals surface area contributed by atoms with Crippen LogP contribution in [0.3, 0.4) is 0 Å². The van der Waals surface area contributed by atoms with Crippen molar-refractivity contribution in [3.63, 3.8) is 0 Å². The molecule has 1 aromatic heterocycles. The average Bonchev–Trinajstić information content (AvgIpc) is 2.56. The standard InChI is InChI=1S/C13H18N2O2/c1-9(5-6-14)7-10-3-4-12-11(8-10)15(2)13(16)17-12/h3-4,8-9H,5-7,14H2,1-2H3. The molecule has 0 radical (unpaired) electrons. The van der Waals surface area contributed by atoms with Crippen molar-refractivity contribution in [1.82, 2.24) is 4.57 Å². The number of hydrogen-bond acceptors (Lipinski definition) is 3. The van der Waals surface area contributed by atoms with Crippen molar-refractivity contribution >= 4 is 11.1 Å². The van der Waals surface area contributed by atoms with Gasteiger partial charge in [-0.05, 0) is 43.0 Å². The molecule has 92 valence electrons. The molecule has 0 aliphatic rings. The van der Waals surface area contributed by atoms with E-state index in [1.165, 1.54) is 10.1 Å². The second kappa shape index (κ2) is 4.75. The van der Waals surface area contributed by atoms with Gasteiger partial charge in [0, 0.05) is 7.05 Å². The summed E-state index contributed by atoms with van der Waals surface area (Å²) >= 11 is 0. The number of benzene rings is 1. The quantitative estimate of drug-likeness (QED) is 0.875. The predicted octanol–water partition coefficient (Wildman–Crippen LogP) is 1.66. The minimum absolute atomic E-state index is 0.313. The molecule has 0 saturated heterocycles. The molecule has 0 aliphatic carbocycles. The van der Waals surface area contributed by atoms with Crippen LogP contribution in [0, 0.1) is 5.92 Å². The van der Waals surface area contributed by atoms with Gasteiger partial charge in [0.15, 0.2) is 5.58 Å². The summed E-state index contributed by atoms with van der Waals surface area (Å²) in [5.74, 6) is 0.244. The van der Waals surface area contributed by atoms with Crippen LogP contribution in [0.4, 0.5) is 0 Å². The maximum atomic E-state index is 11.4. The minimum Gasteiger partial charge on any atom is -0.408 e. The zero-order valence-corrected chi connectivity index (χ0v) is 10.3. The summed E-state index contributed by atoms with van der Waals surface area (Å²) < 4.78 is 6.63. The Balaban J connectivity index is 2.31. The van der Waals surface area contributed by atoms with E-state index in [4.69, 9.17) is 10.2 Å². The van der Waals surface area contributed by atoms with Gasteiger partial charge in [-0.15, -0.1) is 0 Å². The first kappa shape index (κ1) is 11.9. The molecular formula is C13H18N2O2. The van der Waals surface area contributed by atoms with E-state index in [1.54, 1.807) is 7.05 Å². The van der Waals surface area contributed by atoms with Crippen LogP contribution in [0.25, 0.3) is 11.1 Å². The van der Waals surface area contributed by atoms with Crippen LogP contribution in [0.5, 0.6) is 0 Å². The van der Waals surface area contributed by atoms with Crippen LogP contribution in [0.1, 0.15) is 18.9 Å². The number of fused-ring (bicyclic) bond motifs is 1. The summed E-state index contributed by atoms with van der Waals surface area (Å²) in [7, 11) is 1.72. The third kappa shape index (κ3) is 2.42. The van der Waals surface area contributed by atoms with Gasteiger partial charge >= 0.3 is 5.76 Å². The smallest absolute Gasteiger partial charge is 0.408 e. The molecule has 0 aliphatic heterocycles. The number of rotatable bonds is 4. The van der Waals surface area contributed by atoms with Gasteiger partial charge in [-0.25, -0.2) is 4.79 Å². The van der Waals surface area contributed by atoms with E-state index in [0.717, 1.165) is 18.4 Å². The number of oxazole rings is 1. The molecule has 1 aromatic carbocycles. The lowest BCUT2D eigenvalue weighted by atomic mass is 9.98. The lowest BCUT2D eigenvalue weighted by Gasteiger charge is -2.09. The van der Waals surface area contributed by atoms with Gasteiger partial charge in [0.25, 0.3) is 0 Å². The van der Waals surface area contributed by atoms with Crippen LogP contribution >= 0.6 is 0 Å². The Morgan fingerprint density at radius 2 is 2.24 bits per heavy atom. The van der Waals surface area contributed by atoms with Crippen molar-refractivity contribution in [1.29, 1.82) is 0 Å². The number of nitrogens with zero attached hydrogens (tertiary/aromatic N) is 1. The number of aromatic nitrogens is 1. The molecule has 1 heterocycles. The van der Waals surface area contributed by atoms with Gasteiger partial charge in [-0.1, -0.05) is 13.0 Å². The van der Waals surface area contributed by atoms with E-state index in [0.29, 0.717) is 18.0 Å². The largest absolute Gasteiger partial charge is 0.419 e. The summed E-state index contributed by atoms with van der Waals surface area (Å²) in [4.78, 5) is 11.4. The normalized spacial score (nSPS) is 13.1. The van der Waals surface area contributed by atoms with Gasteiger partial charge in [0.2, 0.25) is 0 Å². The summed E-state index contributed by atoms with van der Waals surface area (Å²) in [6.07, 6.45) is 1.99. The van der Waals surface area contributed by atoms with E-state index in [1.807, 2.05) is 18.2 Å². The zero-order valence-electron chi connectivity index (χ0n) is 10.3. The summed E-state index contributed by atoms with van der Waals surface area (Å²) in [5, 5.41) is 0. The fourth-order valence-electron chi connectivity index (χ4n) is 2.09. The van der Waals surface area contributed by atoms with Crippen molar-refractivity contribution in [3.05, 3.63) is 34.3 Å². The number of nitrogens with two attached hydrogens (primary N) is 1. The topological polar surface area (TPSA) is 61.2 Å². The van der Waals surface area contributed by atoms with Crippen LogP contribution in [0.15, 0.2) is 27.4 Å². The number of aryl methyl sites for hydroxylation is 1. The highest BCUT2D eigenvalue weighted by Crippen LogP contribution is 2.17. The van der Waals surface area contributed by atoms with Gasteiger partial charge in [0.1, 0.15) is 0 Å². The summed E-state index contributed by atoms with van der Waals surface area (Å²) in [6.45, 7) is 2.90. The van der Waals surface area contributed by atoms with E-state index in [2.05, 4.69) is 6.92 Å². The van der Waals surface area contributed by atoms with Crippen LogP contribution in [0.2, 0.25) is 0 Å². The van der Waals surface area contributed by atoms with Crippen molar-refractivity contribution in [2.24, 2.45) is 18.7 Å². The Bertz CT molecular complexity index is 568. The molecule has 0 spiro atoms. The molecule has 2 rings (SSSR count). The van der Waals surface area contributed by atoms with Crippen molar-refractivity contribution in [3.8, 4) is 0 Å². The molecule has 1 unspecified atom stereocenters. The third-order valence-electron chi connectivity index (χ3n) is 3.10. The maximum Gasteiger partial charge on any atom is 0.419 e. The second-order valence-corrected chi connectivity index (χ2v) is 4.62. The van der Waals surface area contributed by atoms with E-state index >= 15 is 0 Å². The first-order valence-corrected chi connectivity index (χ1v) is 5.90. The first-order chi connectivity index (χ1) is 8.11. The van der Waals surface area contributed by atoms with Crippen LogP contribution in [-0.4, -0.2) is 11.1 Å². The molecule has 0 saturated carbocycles. The van der Waals surface area contributed by atoms with E-state index in [-0.39, 0.29) is 5.76 Å². The summed E-state index contributed by atoms with van der Waals surface area (Å²) in [5.41, 5.74) is 8.26. The Labute approximate surface area is 100 Å². The molecule has 4 nitrogen and oxygen atoms in total. The lowest BCUT2D eigenvalue weighted by molar-refractivity contribution is 0.528. The van der Waals surface area contributed by atoms with E-state index < -0.39 is 0 Å². The summed E-state index contributed by atoms with van der Waals surface area (Å²) in [6, 6.07) is 5.90. The molecule has 17 heavy (non-hydrogen) atoms. The molecule has 0 bridgehead atoms. The Morgan fingerprint density at radius 3 is 2.94 bits per heavy atom. The SMILES string of the molecule is CC(CCN)Cc1ccc2oc(=O)n(C)c2c1. The minimum atomic E-state index is -0.313. The number of hydrogen-bond donors (Lipinski definition) is 1. The fourth-order valence-corrected chi connectivity index (χ4v) is 2.09. The molecular weight excluding hydrogens is 216 g/mol. The predicted molar refractivity (Wildman–Crippen MR) is 68.0 cm³/mol. The van der Waals surface area contributed by atoms with Crippen LogP contribution in [-0.2, 0) is 13.5 Å². The highest BCUT2D eigenvalue weighted by atomic mass is 16.4. The maximum absolute atomic E-state index is 11.4. The monoisotopic (exact) mass is 234 g/mol. The van der Waals surface area contributed by atoms with Gasteiger partial charge in [-0.3, -0.25) is 4.57 Å². The molecule has 4 heteroatoms. The molecule has 0 fully saturated rings. The highest BCUT2D eigenvalue weighted by Gasteiger charge is 2.08. The highest BCUT2D eigenvalue weighted by molar-refractivity contribution is 5.73. The van der Waals surface area contributed by atoms with Crippen molar-refractivity contribution in [2.75, 3.05) is 6.54 Å². The fraction of sp³-hybridized carbons (Fsp3) is 0.462.